The summed E-state index contributed by atoms with van der Waals surface area (Å²) in [5, 5.41) is 15.2. The molecule has 2 aliphatic heterocycles. The van der Waals surface area contributed by atoms with Crippen molar-refractivity contribution in [3.8, 4) is 17.2 Å². The minimum Gasteiger partial charge on any atom is -0.550 e. The summed E-state index contributed by atoms with van der Waals surface area (Å²) in [6.45, 7) is 0.745. The summed E-state index contributed by atoms with van der Waals surface area (Å²) in [4.78, 5) is 11.9. The highest BCUT2D eigenvalue weighted by Crippen LogP contribution is 2.42. The van der Waals surface area contributed by atoms with Crippen LogP contribution in [0.4, 0.5) is 0 Å². The highest BCUT2D eigenvalue weighted by atomic mass is 16.7. The van der Waals surface area contributed by atoms with Gasteiger partial charge in [-0.2, -0.15) is 0 Å². The number of nitrogens with one attached hydrogen (secondary N) is 1. The molecular weight excluding hydrogens is 322 g/mol. The zero-order valence-corrected chi connectivity index (χ0v) is 13.7. The van der Waals surface area contributed by atoms with Crippen LogP contribution < -0.4 is 24.6 Å². The summed E-state index contributed by atoms with van der Waals surface area (Å²) >= 11 is 0. The minimum absolute atomic E-state index is 0.195. The Hall–Kier alpha value is -2.73. The van der Waals surface area contributed by atoms with Crippen LogP contribution in [-0.4, -0.2) is 26.4 Å². The number of rotatable bonds is 4. The predicted octanol–water partition coefficient (Wildman–Crippen LogP) is 1.22. The first-order valence-electron chi connectivity index (χ1n) is 8.15. The molecule has 25 heavy (non-hydrogen) atoms. The molecule has 130 valence electrons. The van der Waals surface area contributed by atoms with Crippen molar-refractivity contribution in [2.24, 2.45) is 5.92 Å². The van der Waals surface area contributed by atoms with Gasteiger partial charge in [-0.3, -0.25) is 0 Å². The van der Waals surface area contributed by atoms with Gasteiger partial charge in [0, 0.05) is 30.4 Å². The third-order valence-corrected chi connectivity index (χ3v) is 4.92. The van der Waals surface area contributed by atoms with Crippen LogP contribution in [0.3, 0.4) is 0 Å². The second kappa shape index (κ2) is 6.29. The number of hydrogen-bond donors (Lipinski definition) is 1. The molecule has 4 rings (SSSR count). The van der Waals surface area contributed by atoms with Gasteiger partial charge < -0.3 is 29.4 Å². The van der Waals surface area contributed by atoms with E-state index in [9.17, 15) is 9.90 Å². The monoisotopic (exact) mass is 340 g/mol. The second-order valence-corrected chi connectivity index (χ2v) is 6.22. The molecule has 0 saturated carbocycles. The summed E-state index contributed by atoms with van der Waals surface area (Å²) in [5.41, 5.74) is 1.81. The van der Waals surface area contributed by atoms with E-state index in [1.165, 1.54) is 0 Å². The van der Waals surface area contributed by atoms with Crippen LogP contribution in [0.2, 0.25) is 0 Å². The summed E-state index contributed by atoms with van der Waals surface area (Å²) < 4.78 is 15.9. The van der Waals surface area contributed by atoms with Crippen LogP contribution in [0.25, 0.3) is 0 Å². The lowest BCUT2D eigenvalue weighted by molar-refractivity contribution is -0.312. The van der Waals surface area contributed by atoms with Crippen molar-refractivity contribution in [1.29, 1.82) is 0 Å². The molecule has 2 aliphatic rings. The van der Waals surface area contributed by atoms with Gasteiger partial charge in [0.1, 0.15) is 5.75 Å². The molecule has 2 aromatic carbocycles. The Bertz CT molecular complexity index is 789. The summed E-state index contributed by atoms with van der Waals surface area (Å²) in [5.74, 6) is 0.141. The van der Waals surface area contributed by atoms with E-state index >= 15 is 0 Å². The number of aliphatic carboxylic acids is 1. The average Bonchev–Trinajstić information content (AvgIpc) is 3.27. The molecule has 0 bridgehead atoms. The van der Waals surface area contributed by atoms with Crippen LogP contribution in [0.5, 0.6) is 17.2 Å². The van der Waals surface area contributed by atoms with Gasteiger partial charge in [0.25, 0.3) is 0 Å². The van der Waals surface area contributed by atoms with E-state index in [-0.39, 0.29) is 18.8 Å². The summed E-state index contributed by atoms with van der Waals surface area (Å²) in [7, 11) is 1.60. The van der Waals surface area contributed by atoms with Gasteiger partial charge in [0.2, 0.25) is 6.79 Å². The van der Waals surface area contributed by atoms with Crippen LogP contribution in [0.1, 0.15) is 23.1 Å². The number of fused-ring (bicyclic) bond motifs is 1. The molecule has 1 fully saturated rings. The number of hydrogen-bond acceptors (Lipinski definition) is 6. The van der Waals surface area contributed by atoms with E-state index in [0.29, 0.717) is 18.0 Å². The smallest absolute Gasteiger partial charge is 0.231 e. The highest BCUT2D eigenvalue weighted by Gasteiger charge is 2.39. The van der Waals surface area contributed by atoms with Gasteiger partial charge in [0.15, 0.2) is 11.5 Å². The molecule has 0 unspecified atom stereocenters. The van der Waals surface area contributed by atoms with Crippen LogP contribution in [-0.2, 0) is 4.79 Å². The number of benzene rings is 2. The topological polar surface area (TPSA) is 79.8 Å². The van der Waals surface area contributed by atoms with Gasteiger partial charge in [-0.05, 0) is 35.4 Å². The Labute approximate surface area is 145 Å². The van der Waals surface area contributed by atoms with Crippen molar-refractivity contribution in [3.05, 3.63) is 53.6 Å². The zero-order chi connectivity index (χ0) is 17.4. The first-order valence-corrected chi connectivity index (χ1v) is 8.15. The lowest BCUT2D eigenvalue weighted by atomic mass is 9.83. The third-order valence-electron chi connectivity index (χ3n) is 4.92. The van der Waals surface area contributed by atoms with E-state index in [1.54, 1.807) is 7.11 Å². The summed E-state index contributed by atoms with van der Waals surface area (Å²) in [6, 6.07) is 12.7. The first kappa shape index (κ1) is 15.8. The maximum Gasteiger partial charge on any atom is 0.231 e. The standard InChI is InChI=1S/C19H19NO5/c1-23-13-5-2-11(3-6-13)18-17(19(21)22)14(9-20-18)12-4-7-15-16(8-12)25-10-24-15/h2-8,14,17-18,20H,9-10H2,1H3,(H,21,22)/p-1/t14-,17-,18+/m1/s1. The number of methoxy groups -OCH3 is 1. The highest BCUT2D eigenvalue weighted by molar-refractivity contribution is 5.71. The van der Waals surface area contributed by atoms with Gasteiger partial charge >= 0.3 is 0 Å². The van der Waals surface area contributed by atoms with E-state index < -0.39 is 11.9 Å². The van der Waals surface area contributed by atoms with Crippen molar-refractivity contribution in [3.63, 3.8) is 0 Å². The van der Waals surface area contributed by atoms with E-state index in [0.717, 1.165) is 16.9 Å². The maximum atomic E-state index is 11.9. The van der Waals surface area contributed by atoms with Crippen molar-refractivity contribution < 1.29 is 24.1 Å². The zero-order valence-electron chi connectivity index (χ0n) is 13.7. The van der Waals surface area contributed by atoms with Crippen molar-refractivity contribution >= 4 is 5.97 Å². The van der Waals surface area contributed by atoms with Gasteiger partial charge in [-0.25, -0.2) is 0 Å². The lowest BCUT2D eigenvalue weighted by Crippen LogP contribution is -2.37. The first-order chi connectivity index (χ1) is 12.2. The van der Waals surface area contributed by atoms with E-state index in [2.05, 4.69) is 5.32 Å². The Morgan fingerprint density at radius 2 is 1.84 bits per heavy atom. The fourth-order valence-electron chi connectivity index (χ4n) is 3.65. The number of carboxylic acid groups (broad SMARTS) is 1. The van der Waals surface area contributed by atoms with Gasteiger partial charge in [-0.15, -0.1) is 0 Å². The number of carbonyl (C=O) groups excluding carboxylic acids is 1. The van der Waals surface area contributed by atoms with E-state index in [1.807, 2.05) is 42.5 Å². The molecule has 0 aliphatic carbocycles. The van der Waals surface area contributed by atoms with E-state index in [4.69, 9.17) is 14.2 Å². The molecule has 0 aromatic heterocycles. The normalized spacial score (nSPS) is 24.3. The largest absolute Gasteiger partial charge is 0.550 e. The molecule has 3 atom stereocenters. The number of carboxylic acids is 1. The Morgan fingerprint density at radius 1 is 1.12 bits per heavy atom. The average molecular weight is 340 g/mol. The molecule has 2 heterocycles. The van der Waals surface area contributed by atoms with Gasteiger partial charge in [0.05, 0.1) is 7.11 Å². The fraction of sp³-hybridized carbons (Fsp3) is 0.316. The summed E-state index contributed by atoms with van der Waals surface area (Å²) in [6.07, 6.45) is 0. The van der Waals surface area contributed by atoms with Crippen LogP contribution in [0, 0.1) is 5.92 Å². The molecular formula is C19H18NO5-. The lowest BCUT2D eigenvalue weighted by Gasteiger charge is -2.26. The maximum absolute atomic E-state index is 11.9. The van der Waals surface area contributed by atoms with Gasteiger partial charge in [-0.1, -0.05) is 18.2 Å². The minimum atomic E-state index is -1.06. The molecule has 1 N–H and O–H groups in total. The molecule has 0 spiro atoms. The van der Waals surface area contributed by atoms with Crippen molar-refractivity contribution in [2.45, 2.75) is 12.0 Å². The Kier molecular flexibility index (Phi) is 3.97. The molecule has 1 saturated heterocycles. The molecule has 6 nitrogen and oxygen atoms in total. The quantitative estimate of drug-likeness (QED) is 0.901. The molecule has 6 heteroatoms. The van der Waals surface area contributed by atoms with Crippen LogP contribution >= 0.6 is 0 Å². The Balaban J connectivity index is 1.64. The number of carbonyl (C=O) groups is 1. The Morgan fingerprint density at radius 3 is 2.56 bits per heavy atom. The number of ether oxygens (including phenoxy) is 3. The molecule has 0 amide bonds. The SMILES string of the molecule is COc1ccc([C@@H]2NC[C@H](c3ccc4c(c3)OCO4)[C@H]2C(=O)[O-])cc1. The van der Waals surface area contributed by atoms with Crippen molar-refractivity contribution in [1.82, 2.24) is 5.32 Å². The van der Waals surface area contributed by atoms with Crippen molar-refractivity contribution in [2.75, 3.05) is 20.4 Å². The van der Waals surface area contributed by atoms with Crippen LogP contribution in [0.15, 0.2) is 42.5 Å². The predicted molar refractivity (Wildman–Crippen MR) is 87.5 cm³/mol. The second-order valence-electron chi connectivity index (χ2n) is 6.22. The fourth-order valence-corrected chi connectivity index (χ4v) is 3.65. The third kappa shape index (κ3) is 2.78. The molecule has 2 aromatic rings. The molecule has 0 radical (unpaired) electrons.